The molecule has 2 aromatic carbocycles. The van der Waals surface area contributed by atoms with Crippen molar-refractivity contribution in [2.45, 2.75) is 25.0 Å². The number of hydrogen-bond acceptors (Lipinski definition) is 6. The molecule has 3 rings (SSSR count). The summed E-state index contributed by atoms with van der Waals surface area (Å²) in [7, 11) is 0. The molecule has 0 aliphatic rings. The summed E-state index contributed by atoms with van der Waals surface area (Å²) in [5.41, 5.74) is 1.45. The number of nitrogens with zero attached hydrogens (tertiary/aromatic N) is 3. The Kier molecular flexibility index (Phi) is 6.83. The van der Waals surface area contributed by atoms with Crippen LogP contribution in [0.15, 0.2) is 48.7 Å². The minimum absolute atomic E-state index is 0.177. The van der Waals surface area contributed by atoms with Gasteiger partial charge in [-0.25, -0.2) is 9.18 Å². The fourth-order valence-corrected chi connectivity index (χ4v) is 3.18. The quantitative estimate of drug-likeness (QED) is 0.387. The van der Waals surface area contributed by atoms with E-state index >= 15 is 0 Å². The second kappa shape index (κ2) is 9.54. The lowest BCUT2D eigenvalue weighted by Gasteiger charge is -2.20. The van der Waals surface area contributed by atoms with Crippen LogP contribution in [0.1, 0.15) is 22.5 Å². The van der Waals surface area contributed by atoms with E-state index in [1.165, 1.54) is 18.2 Å². The molecular weight excluding hydrogens is 431 g/mol. The van der Waals surface area contributed by atoms with Crippen LogP contribution < -0.4 is 5.32 Å². The monoisotopic (exact) mass is 448 g/mol. The lowest BCUT2D eigenvalue weighted by atomic mass is 9.97. The number of aliphatic hydroxyl groups is 1. The summed E-state index contributed by atoms with van der Waals surface area (Å²) in [5, 5.41) is 37.6. The molecule has 11 heteroatoms. The average Bonchev–Trinajstić information content (AvgIpc) is 3.17. The van der Waals surface area contributed by atoms with Crippen LogP contribution in [0.5, 0.6) is 0 Å². The van der Waals surface area contributed by atoms with Crippen LogP contribution in [0, 0.1) is 5.82 Å². The van der Waals surface area contributed by atoms with Gasteiger partial charge < -0.3 is 20.7 Å². The van der Waals surface area contributed by atoms with Gasteiger partial charge in [-0.2, -0.15) is 0 Å². The van der Waals surface area contributed by atoms with Crippen LogP contribution in [0.4, 0.5) is 4.39 Å². The number of carbonyl (C=O) groups is 2. The fraction of sp³-hybridized carbons (Fsp3) is 0.200. The van der Waals surface area contributed by atoms with Gasteiger partial charge in [0.15, 0.2) is 11.8 Å². The van der Waals surface area contributed by atoms with Crippen molar-refractivity contribution in [1.82, 2.24) is 20.5 Å². The first-order valence-electron chi connectivity index (χ1n) is 9.10. The molecule has 4 N–H and O–H groups in total. The Morgan fingerprint density at radius 2 is 1.90 bits per heavy atom. The van der Waals surface area contributed by atoms with Gasteiger partial charge in [-0.05, 0) is 41.0 Å². The highest BCUT2D eigenvalue weighted by Gasteiger charge is 2.23. The van der Waals surface area contributed by atoms with Crippen molar-refractivity contribution in [2.24, 2.45) is 0 Å². The van der Waals surface area contributed by atoms with Crippen molar-refractivity contribution >= 4 is 23.5 Å². The lowest BCUT2D eigenvalue weighted by Crippen LogP contribution is -2.40. The maximum Gasteiger partial charge on any atom is 0.332 e. The summed E-state index contributed by atoms with van der Waals surface area (Å²) in [6.45, 7) is 0. The minimum Gasteiger partial charge on any atom is -0.479 e. The summed E-state index contributed by atoms with van der Waals surface area (Å²) in [6, 6.07) is 10.2. The maximum absolute atomic E-state index is 14.1. The van der Waals surface area contributed by atoms with E-state index < -0.39 is 29.8 Å². The van der Waals surface area contributed by atoms with Crippen LogP contribution in [0.25, 0.3) is 11.1 Å². The molecule has 0 aliphatic heterocycles. The first-order chi connectivity index (χ1) is 14.7. The van der Waals surface area contributed by atoms with Crippen LogP contribution in [0.3, 0.4) is 0 Å². The minimum atomic E-state index is -1.70. The first kappa shape index (κ1) is 22.2. The van der Waals surface area contributed by atoms with Gasteiger partial charge in [0.05, 0.1) is 6.20 Å². The number of benzene rings is 2. The Bertz CT molecular complexity index is 1090. The van der Waals surface area contributed by atoms with E-state index in [1.807, 2.05) is 0 Å². The van der Waals surface area contributed by atoms with E-state index in [4.69, 9.17) is 21.9 Å². The smallest absolute Gasteiger partial charge is 0.332 e. The zero-order chi connectivity index (χ0) is 22.5. The van der Waals surface area contributed by atoms with Gasteiger partial charge in [0.1, 0.15) is 5.82 Å². The maximum atomic E-state index is 14.1. The SMILES string of the molecule is O=C(N[C@H](Cc1ccc(-c2cc(Cl)ccc2F)cc1)C[C@@H](O)C(=O)O)c1cn(O)nn1. The molecule has 0 aliphatic carbocycles. The van der Waals surface area contributed by atoms with E-state index in [-0.39, 0.29) is 18.5 Å². The van der Waals surface area contributed by atoms with Crippen molar-refractivity contribution < 1.29 is 29.4 Å². The van der Waals surface area contributed by atoms with E-state index in [9.17, 15) is 19.1 Å². The van der Waals surface area contributed by atoms with Gasteiger partial charge in [-0.3, -0.25) is 4.79 Å². The average molecular weight is 449 g/mol. The van der Waals surface area contributed by atoms with Crippen LogP contribution in [0.2, 0.25) is 5.02 Å². The standard InChI is InChI=1S/C20H18ClFN4O5/c21-13-5-6-16(22)15(8-13)12-3-1-11(2-4-12)7-14(9-18(27)20(29)30)23-19(28)17-10-26(31)25-24-17/h1-6,8,10,14,18,27,31H,7,9H2,(H,23,28)(H,29,30)/t14-,18-/m1/s1. The van der Waals surface area contributed by atoms with Gasteiger partial charge in [-0.15, -0.1) is 5.10 Å². The number of carboxylic acids is 1. The van der Waals surface area contributed by atoms with Crippen molar-refractivity contribution in [1.29, 1.82) is 0 Å². The van der Waals surface area contributed by atoms with Gasteiger partial charge in [-0.1, -0.05) is 40.7 Å². The second-order valence-corrected chi connectivity index (χ2v) is 7.25. The molecule has 0 radical (unpaired) electrons. The van der Waals surface area contributed by atoms with E-state index in [1.54, 1.807) is 24.3 Å². The van der Waals surface area contributed by atoms with Crippen molar-refractivity contribution in [3.05, 3.63) is 70.8 Å². The highest BCUT2D eigenvalue weighted by Crippen LogP contribution is 2.26. The van der Waals surface area contributed by atoms with Crippen LogP contribution in [-0.4, -0.2) is 54.6 Å². The number of rotatable bonds is 8. The molecule has 31 heavy (non-hydrogen) atoms. The molecule has 0 bridgehead atoms. The van der Waals surface area contributed by atoms with Crippen molar-refractivity contribution in [3.8, 4) is 11.1 Å². The number of carboxylic acid groups (broad SMARTS) is 1. The second-order valence-electron chi connectivity index (χ2n) is 6.81. The number of aliphatic hydroxyl groups excluding tert-OH is 1. The number of aliphatic carboxylic acids is 1. The third-order valence-corrected chi connectivity index (χ3v) is 4.75. The Labute approximate surface area is 180 Å². The lowest BCUT2D eigenvalue weighted by molar-refractivity contribution is -0.147. The molecule has 0 saturated heterocycles. The Morgan fingerprint density at radius 1 is 1.19 bits per heavy atom. The topological polar surface area (TPSA) is 138 Å². The van der Waals surface area contributed by atoms with Gasteiger partial charge in [0, 0.05) is 23.0 Å². The zero-order valence-corrected chi connectivity index (χ0v) is 16.7. The van der Waals surface area contributed by atoms with Crippen molar-refractivity contribution in [2.75, 3.05) is 0 Å². The summed E-state index contributed by atoms with van der Waals surface area (Å²) < 4.78 is 14.1. The number of nitrogens with one attached hydrogen (secondary N) is 1. The van der Waals surface area contributed by atoms with Crippen molar-refractivity contribution in [3.63, 3.8) is 0 Å². The molecule has 9 nitrogen and oxygen atoms in total. The first-order valence-corrected chi connectivity index (χ1v) is 9.48. The molecule has 0 fully saturated rings. The number of halogens is 2. The van der Waals surface area contributed by atoms with Gasteiger partial charge >= 0.3 is 5.97 Å². The Hall–Kier alpha value is -3.50. The highest BCUT2D eigenvalue weighted by molar-refractivity contribution is 6.30. The van der Waals surface area contributed by atoms with E-state index in [2.05, 4.69) is 15.6 Å². The summed E-state index contributed by atoms with van der Waals surface area (Å²) in [4.78, 5) is 23.7. The number of aromatic nitrogens is 3. The Balaban J connectivity index is 1.77. The predicted octanol–water partition coefficient (Wildman–Crippen LogP) is 2.15. The molecule has 0 saturated carbocycles. The van der Waals surface area contributed by atoms with Crippen LogP contribution in [-0.2, 0) is 11.2 Å². The molecule has 0 spiro atoms. The molecule has 1 heterocycles. The number of carbonyl (C=O) groups excluding carboxylic acids is 1. The van der Waals surface area contributed by atoms with Gasteiger partial charge in [0.2, 0.25) is 0 Å². The number of amides is 1. The number of hydrogen-bond donors (Lipinski definition) is 4. The summed E-state index contributed by atoms with van der Waals surface area (Å²) in [6.07, 6.45) is -0.798. The van der Waals surface area contributed by atoms with Gasteiger partial charge in [0.25, 0.3) is 5.91 Å². The highest BCUT2D eigenvalue weighted by atomic mass is 35.5. The van der Waals surface area contributed by atoms with E-state index in [0.717, 1.165) is 6.20 Å². The predicted molar refractivity (Wildman–Crippen MR) is 107 cm³/mol. The third kappa shape index (κ3) is 5.77. The molecular formula is C20H18ClFN4O5. The van der Waals surface area contributed by atoms with Crippen LogP contribution >= 0.6 is 11.6 Å². The Morgan fingerprint density at radius 3 is 2.52 bits per heavy atom. The third-order valence-electron chi connectivity index (χ3n) is 4.52. The fourth-order valence-electron chi connectivity index (χ4n) is 3.01. The molecule has 2 atom stereocenters. The molecule has 1 amide bonds. The summed E-state index contributed by atoms with van der Waals surface area (Å²) in [5.74, 6) is -2.54. The molecule has 162 valence electrons. The summed E-state index contributed by atoms with van der Waals surface area (Å²) >= 11 is 5.94. The van der Waals surface area contributed by atoms with E-state index in [0.29, 0.717) is 26.6 Å². The molecule has 1 aromatic heterocycles. The zero-order valence-electron chi connectivity index (χ0n) is 15.9. The molecule has 3 aromatic rings. The largest absolute Gasteiger partial charge is 0.479 e. The molecule has 0 unspecified atom stereocenters. The normalized spacial score (nSPS) is 12.9.